The first kappa shape index (κ1) is 14.0. The maximum absolute atomic E-state index is 12.2. The summed E-state index contributed by atoms with van der Waals surface area (Å²) < 4.78 is 1.82. The van der Waals surface area contributed by atoms with Crippen LogP contribution in [0.2, 0.25) is 0 Å². The highest BCUT2D eigenvalue weighted by Crippen LogP contribution is 2.39. The Balaban J connectivity index is 1.85. The van der Waals surface area contributed by atoms with E-state index in [-0.39, 0.29) is 11.9 Å². The molecule has 0 atom stereocenters. The minimum absolute atomic E-state index is 0.153. The summed E-state index contributed by atoms with van der Waals surface area (Å²) >= 11 is 0. The Labute approximate surface area is 123 Å². The summed E-state index contributed by atoms with van der Waals surface area (Å²) in [6, 6.07) is -0.305. The molecule has 1 aromatic rings. The zero-order valence-electron chi connectivity index (χ0n) is 12.5. The predicted octanol–water partition coefficient (Wildman–Crippen LogP) is 1.30. The summed E-state index contributed by atoms with van der Waals surface area (Å²) in [5, 5.41) is 6.68. The highest BCUT2D eigenvalue weighted by Gasteiger charge is 2.54. The summed E-state index contributed by atoms with van der Waals surface area (Å²) in [6.45, 7) is 5.31. The first-order valence-electron chi connectivity index (χ1n) is 7.53. The van der Waals surface area contributed by atoms with Crippen molar-refractivity contribution in [3.8, 4) is 0 Å². The summed E-state index contributed by atoms with van der Waals surface area (Å²) in [5.41, 5.74) is -0.661. The molecule has 2 aliphatic rings. The Bertz CT molecular complexity index is 559. The van der Waals surface area contributed by atoms with Crippen molar-refractivity contribution < 1.29 is 9.59 Å². The van der Waals surface area contributed by atoms with Crippen LogP contribution in [0.15, 0.2) is 6.33 Å². The average Bonchev–Trinajstić information content (AvgIpc) is 3.09. The fourth-order valence-electron chi connectivity index (χ4n) is 3.33. The molecule has 3 amide bonds. The SMILES string of the molecule is CC(C)Cn1ncnc1CN1C(=O)NC(=O)C12CCCC2. The van der Waals surface area contributed by atoms with Crippen LogP contribution >= 0.6 is 0 Å². The topological polar surface area (TPSA) is 80.1 Å². The molecule has 1 aliphatic heterocycles. The van der Waals surface area contributed by atoms with Crippen LogP contribution in [0.4, 0.5) is 4.79 Å². The van der Waals surface area contributed by atoms with Gasteiger partial charge in [0.2, 0.25) is 0 Å². The van der Waals surface area contributed by atoms with Crippen LogP contribution in [0.1, 0.15) is 45.4 Å². The van der Waals surface area contributed by atoms with E-state index in [1.807, 2.05) is 4.68 Å². The number of carbonyl (C=O) groups is 2. The molecular formula is C14H21N5O2. The standard InChI is InChI=1S/C14H21N5O2/c1-10(2)7-19-11(15-9-16-19)8-18-13(21)17-12(20)14(18)5-3-4-6-14/h9-10H,3-8H2,1-2H3,(H,17,20,21). The van der Waals surface area contributed by atoms with Crippen molar-refractivity contribution in [2.45, 2.75) is 58.2 Å². The van der Waals surface area contributed by atoms with Crippen LogP contribution in [0.5, 0.6) is 0 Å². The van der Waals surface area contributed by atoms with E-state index in [4.69, 9.17) is 0 Å². The van der Waals surface area contributed by atoms with Crippen molar-refractivity contribution in [2.24, 2.45) is 5.92 Å². The largest absolute Gasteiger partial charge is 0.325 e. The second-order valence-corrected chi connectivity index (χ2v) is 6.34. The number of nitrogens with zero attached hydrogens (tertiary/aromatic N) is 4. The van der Waals surface area contributed by atoms with Gasteiger partial charge in [0.1, 0.15) is 17.7 Å². The van der Waals surface area contributed by atoms with Crippen LogP contribution < -0.4 is 5.32 Å². The number of rotatable bonds is 4. The van der Waals surface area contributed by atoms with Gasteiger partial charge in [-0.25, -0.2) is 14.5 Å². The van der Waals surface area contributed by atoms with Crippen molar-refractivity contribution in [1.82, 2.24) is 25.0 Å². The van der Waals surface area contributed by atoms with Crippen LogP contribution in [0, 0.1) is 5.92 Å². The first-order chi connectivity index (χ1) is 10.0. The zero-order chi connectivity index (χ0) is 15.0. The second kappa shape index (κ2) is 5.13. The van der Waals surface area contributed by atoms with Crippen molar-refractivity contribution in [1.29, 1.82) is 0 Å². The molecule has 0 aromatic carbocycles. The van der Waals surface area contributed by atoms with E-state index in [0.717, 1.165) is 38.1 Å². The molecule has 1 saturated carbocycles. The summed E-state index contributed by atoms with van der Waals surface area (Å²) in [5.74, 6) is 1.03. The lowest BCUT2D eigenvalue weighted by Gasteiger charge is -2.31. The van der Waals surface area contributed by atoms with Crippen LogP contribution in [-0.4, -0.2) is 37.1 Å². The average molecular weight is 291 g/mol. The van der Waals surface area contributed by atoms with E-state index < -0.39 is 5.54 Å². The number of carbonyl (C=O) groups excluding carboxylic acids is 2. The molecule has 1 N–H and O–H groups in total. The second-order valence-electron chi connectivity index (χ2n) is 6.34. The summed E-state index contributed by atoms with van der Waals surface area (Å²) in [4.78, 5) is 30.3. The van der Waals surface area contributed by atoms with E-state index in [2.05, 4.69) is 29.2 Å². The molecule has 7 heteroatoms. The monoisotopic (exact) mass is 291 g/mol. The van der Waals surface area contributed by atoms with Crippen molar-refractivity contribution in [3.05, 3.63) is 12.2 Å². The van der Waals surface area contributed by atoms with Crippen molar-refractivity contribution in [2.75, 3.05) is 0 Å². The van der Waals surface area contributed by atoms with Gasteiger partial charge in [0.25, 0.3) is 5.91 Å². The maximum atomic E-state index is 12.2. The molecular weight excluding hydrogens is 270 g/mol. The molecule has 1 spiro atoms. The highest BCUT2D eigenvalue weighted by atomic mass is 16.2. The fraction of sp³-hybridized carbons (Fsp3) is 0.714. The quantitative estimate of drug-likeness (QED) is 0.848. The predicted molar refractivity (Wildman–Crippen MR) is 75.1 cm³/mol. The first-order valence-corrected chi connectivity index (χ1v) is 7.53. The van der Waals surface area contributed by atoms with Crippen LogP contribution in [0.3, 0.4) is 0 Å². The fourth-order valence-corrected chi connectivity index (χ4v) is 3.33. The third-order valence-electron chi connectivity index (χ3n) is 4.37. The normalized spacial score (nSPS) is 20.8. The number of hydrogen-bond acceptors (Lipinski definition) is 4. The lowest BCUT2D eigenvalue weighted by atomic mass is 9.96. The van der Waals surface area contributed by atoms with Gasteiger partial charge in [0.05, 0.1) is 6.54 Å². The zero-order valence-corrected chi connectivity index (χ0v) is 12.5. The molecule has 3 rings (SSSR count). The lowest BCUT2D eigenvalue weighted by molar-refractivity contribution is -0.126. The van der Waals surface area contributed by atoms with Crippen molar-refractivity contribution in [3.63, 3.8) is 0 Å². The Morgan fingerprint density at radius 1 is 1.33 bits per heavy atom. The molecule has 114 valence electrons. The van der Waals surface area contributed by atoms with E-state index in [9.17, 15) is 9.59 Å². The Morgan fingerprint density at radius 3 is 2.71 bits per heavy atom. The van der Waals surface area contributed by atoms with Gasteiger partial charge >= 0.3 is 6.03 Å². The van der Waals surface area contributed by atoms with Gasteiger partial charge in [-0.15, -0.1) is 0 Å². The summed E-state index contributed by atoms with van der Waals surface area (Å²) in [7, 11) is 0. The number of amides is 3. The number of nitrogens with one attached hydrogen (secondary N) is 1. The van der Waals surface area contributed by atoms with Gasteiger partial charge in [0.15, 0.2) is 0 Å². The van der Waals surface area contributed by atoms with Gasteiger partial charge in [0, 0.05) is 6.54 Å². The number of imide groups is 1. The van der Waals surface area contributed by atoms with Crippen LogP contribution in [-0.2, 0) is 17.9 Å². The Morgan fingerprint density at radius 2 is 2.05 bits per heavy atom. The molecule has 1 saturated heterocycles. The minimum Gasteiger partial charge on any atom is -0.302 e. The number of urea groups is 1. The van der Waals surface area contributed by atoms with Gasteiger partial charge in [-0.3, -0.25) is 10.1 Å². The van der Waals surface area contributed by atoms with Gasteiger partial charge in [-0.1, -0.05) is 26.7 Å². The van der Waals surface area contributed by atoms with Gasteiger partial charge in [-0.05, 0) is 18.8 Å². The Hall–Kier alpha value is -1.92. The van der Waals surface area contributed by atoms with Gasteiger partial charge < -0.3 is 4.90 Å². The maximum Gasteiger partial charge on any atom is 0.325 e. The lowest BCUT2D eigenvalue weighted by Crippen LogP contribution is -2.47. The summed E-state index contributed by atoms with van der Waals surface area (Å²) in [6.07, 6.45) is 4.95. The molecule has 0 unspecified atom stereocenters. The van der Waals surface area contributed by atoms with Gasteiger partial charge in [-0.2, -0.15) is 5.10 Å². The van der Waals surface area contributed by atoms with E-state index >= 15 is 0 Å². The van der Waals surface area contributed by atoms with E-state index in [1.54, 1.807) is 4.90 Å². The molecule has 21 heavy (non-hydrogen) atoms. The smallest absolute Gasteiger partial charge is 0.302 e. The Kier molecular flexibility index (Phi) is 3.43. The molecule has 2 fully saturated rings. The highest BCUT2D eigenvalue weighted by molar-refractivity contribution is 6.07. The third kappa shape index (κ3) is 2.30. The van der Waals surface area contributed by atoms with Crippen LogP contribution in [0.25, 0.3) is 0 Å². The molecule has 1 aromatic heterocycles. The molecule has 0 bridgehead atoms. The third-order valence-corrected chi connectivity index (χ3v) is 4.37. The van der Waals surface area contributed by atoms with E-state index in [0.29, 0.717) is 12.5 Å². The molecule has 7 nitrogen and oxygen atoms in total. The number of aromatic nitrogens is 3. The van der Waals surface area contributed by atoms with E-state index in [1.165, 1.54) is 6.33 Å². The van der Waals surface area contributed by atoms with Crippen molar-refractivity contribution >= 4 is 11.9 Å². The molecule has 2 heterocycles. The molecule has 1 aliphatic carbocycles. The minimum atomic E-state index is -0.661. The number of hydrogen-bond donors (Lipinski definition) is 1. The molecule has 0 radical (unpaired) electrons.